The fourth-order valence-electron chi connectivity index (χ4n) is 1.52. The summed E-state index contributed by atoms with van der Waals surface area (Å²) in [5.74, 6) is 0.0962. The Morgan fingerprint density at radius 3 is 2.56 bits per heavy atom. The van der Waals surface area contributed by atoms with Gasteiger partial charge >= 0.3 is 0 Å². The molecule has 1 rings (SSSR count). The number of benzene rings is 1. The van der Waals surface area contributed by atoms with Crippen LogP contribution >= 0.6 is 0 Å². The van der Waals surface area contributed by atoms with E-state index in [0.29, 0.717) is 6.42 Å². The van der Waals surface area contributed by atoms with Gasteiger partial charge in [-0.1, -0.05) is 36.8 Å². The van der Waals surface area contributed by atoms with Gasteiger partial charge < -0.3 is 11.1 Å². The number of amides is 1. The molecule has 0 heterocycles. The van der Waals surface area contributed by atoms with Crippen molar-refractivity contribution in [1.29, 1.82) is 0 Å². The Labute approximate surface area is 97.0 Å². The van der Waals surface area contributed by atoms with Gasteiger partial charge in [0.1, 0.15) is 0 Å². The lowest BCUT2D eigenvalue weighted by molar-refractivity contribution is -0.120. The van der Waals surface area contributed by atoms with Crippen LogP contribution in [0.5, 0.6) is 0 Å². The third-order valence-corrected chi connectivity index (χ3v) is 2.41. The van der Waals surface area contributed by atoms with E-state index in [2.05, 4.69) is 5.32 Å². The quantitative estimate of drug-likeness (QED) is 0.684. The van der Waals surface area contributed by atoms with Crippen LogP contribution < -0.4 is 11.1 Å². The molecular weight excluding hydrogens is 200 g/mol. The molecule has 0 saturated heterocycles. The molecule has 1 amide bonds. The van der Waals surface area contributed by atoms with Gasteiger partial charge in [-0.2, -0.15) is 0 Å². The molecule has 0 atom stereocenters. The Morgan fingerprint density at radius 1 is 1.12 bits per heavy atom. The van der Waals surface area contributed by atoms with E-state index in [0.717, 1.165) is 37.9 Å². The van der Waals surface area contributed by atoms with E-state index in [9.17, 15) is 4.79 Å². The van der Waals surface area contributed by atoms with E-state index in [1.807, 2.05) is 30.3 Å². The number of unbranched alkanes of at least 4 members (excludes halogenated alkanes) is 2. The molecule has 0 radical (unpaired) electrons. The highest BCUT2D eigenvalue weighted by Gasteiger charge is 2.01. The molecule has 0 aliphatic rings. The fraction of sp³-hybridized carbons (Fsp3) is 0.462. The summed E-state index contributed by atoms with van der Waals surface area (Å²) in [6.45, 7) is 1.49. The van der Waals surface area contributed by atoms with Crippen molar-refractivity contribution < 1.29 is 4.79 Å². The van der Waals surface area contributed by atoms with Gasteiger partial charge in [0.25, 0.3) is 0 Å². The molecule has 88 valence electrons. The average Bonchev–Trinajstić information content (AvgIpc) is 2.30. The Bertz CT molecular complexity index is 298. The number of hydrogen-bond acceptors (Lipinski definition) is 2. The third kappa shape index (κ3) is 5.51. The van der Waals surface area contributed by atoms with Crippen molar-refractivity contribution in [3.63, 3.8) is 0 Å². The lowest BCUT2D eigenvalue weighted by atomic mass is 10.1. The number of nitrogens with two attached hydrogens (primary N) is 1. The zero-order valence-corrected chi connectivity index (χ0v) is 9.61. The smallest absolute Gasteiger partial charge is 0.224 e. The van der Waals surface area contributed by atoms with Gasteiger partial charge in [-0.25, -0.2) is 0 Å². The van der Waals surface area contributed by atoms with Crippen molar-refractivity contribution >= 4 is 5.91 Å². The number of nitrogens with one attached hydrogen (secondary N) is 1. The second-order valence-electron chi connectivity index (χ2n) is 3.86. The van der Waals surface area contributed by atoms with Gasteiger partial charge in [0, 0.05) is 6.54 Å². The molecule has 16 heavy (non-hydrogen) atoms. The molecule has 0 bridgehead atoms. The van der Waals surface area contributed by atoms with E-state index >= 15 is 0 Å². The maximum atomic E-state index is 11.5. The summed E-state index contributed by atoms with van der Waals surface area (Å²) in [7, 11) is 0. The van der Waals surface area contributed by atoms with Crippen LogP contribution in [0, 0.1) is 0 Å². The van der Waals surface area contributed by atoms with Gasteiger partial charge in [-0.05, 0) is 24.9 Å². The van der Waals surface area contributed by atoms with Crippen LogP contribution in [0.25, 0.3) is 0 Å². The predicted octanol–water partition coefficient (Wildman–Crippen LogP) is 1.47. The van der Waals surface area contributed by atoms with Crippen molar-refractivity contribution in [1.82, 2.24) is 5.32 Å². The molecule has 3 heteroatoms. The van der Waals surface area contributed by atoms with E-state index in [1.165, 1.54) is 0 Å². The second-order valence-corrected chi connectivity index (χ2v) is 3.86. The number of rotatable bonds is 7. The van der Waals surface area contributed by atoms with Crippen LogP contribution in [0.1, 0.15) is 24.8 Å². The molecule has 0 aliphatic carbocycles. The maximum Gasteiger partial charge on any atom is 0.224 e. The van der Waals surface area contributed by atoms with Crippen molar-refractivity contribution in [2.24, 2.45) is 5.73 Å². The first-order valence-corrected chi connectivity index (χ1v) is 5.83. The molecule has 0 spiro atoms. The minimum Gasteiger partial charge on any atom is -0.356 e. The highest BCUT2D eigenvalue weighted by Crippen LogP contribution is 1.99. The molecule has 0 fully saturated rings. The van der Waals surface area contributed by atoms with Gasteiger partial charge in [0.15, 0.2) is 0 Å². The zero-order chi connectivity index (χ0) is 11.6. The van der Waals surface area contributed by atoms with Crippen LogP contribution in [0.3, 0.4) is 0 Å². The summed E-state index contributed by atoms with van der Waals surface area (Å²) < 4.78 is 0. The molecule has 1 aromatic carbocycles. The van der Waals surface area contributed by atoms with Crippen molar-refractivity contribution in [2.75, 3.05) is 13.1 Å². The van der Waals surface area contributed by atoms with Crippen LogP contribution in [-0.4, -0.2) is 19.0 Å². The van der Waals surface area contributed by atoms with Gasteiger partial charge in [-0.15, -0.1) is 0 Å². The Morgan fingerprint density at radius 2 is 1.88 bits per heavy atom. The largest absolute Gasteiger partial charge is 0.356 e. The molecule has 3 N–H and O–H groups in total. The molecule has 0 unspecified atom stereocenters. The Hall–Kier alpha value is -1.35. The maximum absolute atomic E-state index is 11.5. The van der Waals surface area contributed by atoms with Gasteiger partial charge in [-0.3, -0.25) is 4.79 Å². The van der Waals surface area contributed by atoms with Crippen LogP contribution in [0.15, 0.2) is 30.3 Å². The van der Waals surface area contributed by atoms with Gasteiger partial charge in [0.05, 0.1) is 6.42 Å². The van der Waals surface area contributed by atoms with Crippen molar-refractivity contribution in [2.45, 2.75) is 25.7 Å². The minimum absolute atomic E-state index is 0.0962. The summed E-state index contributed by atoms with van der Waals surface area (Å²) in [5.41, 5.74) is 6.44. The molecular formula is C13H20N2O. The summed E-state index contributed by atoms with van der Waals surface area (Å²) in [6, 6.07) is 9.78. The van der Waals surface area contributed by atoms with Gasteiger partial charge in [0.2, 0.25) is 5.91 Å². The first kappa shape index (κ1) is 12.7. The molecule has 3 nitrogen and oxygen atoms in total. The topological polar surface area (TPSA) is 55.1 Å². The normalized spacial score (nSPS) is 10.1. The average molecular weight is 220 g/mol. The van der Waals surface area contributed by atoms with Crippen LogP contribution in [-0.2, 0) is 11.2 Å². The lowest BCUT2D eigenvalue weighted by Crippen LogP contribution is -2.26. The number of hydrogen-bond donors (Lipinski definition) is 2. The van der Waals surface area contributed by atoms with Crippen molar-refractivity contribution in [3.8, 4) is 0 Å². The monoisotopic (exact) mass is 220 g/mol. The summed E-state index contributed by atoms with van der Waals surface area (Å²) in [5, 5.41) is 2.91. The predicted molar refractivity (Wildman–Crippen MR) is 66.1 cm³/mol. The standard InChI is InChI=1S/C13H20N2O/c14-9-5-2-6-10-15-13(16)11-12-7-3-1-4-8-12/h1,3-4,7-8H,2,5-6,9-11,14H2,(H,15,16). The Balaban J connectivity index is 2.12. The van der Waals surface area contributed by atoms with E-state index in [4.69, 9.17) is 5.73 Å². The van der Waals surface area contributed by atoms with E-state index in [-0.39, 0.29) is 5.91 Å². The highest BCUT2D eigenvalue weighted by atomic mass is 16.1. The zero-order valence-electron chi connectivity index (χ0n) is 9.61. The summed E-state index contributed by atoms with van der Waals surface area (Å²) in [6.07, 6.45) is 3.60. The molecule has 0 aliphatic heterocycles. The molecule has 0 aromatic heterocycles. The fourth-order valence-corrected chi connectivity index (χ4v) is 1.52. The first-order valence-electron chi connectivity index (χ1n) is 5.83. The van der Waals surface area contributed by atoms with Crippen LogP contribution in [0.4, 0.5) is 0 Å². The number of carbonyl (C=O) groups excluding carboxylic acids is 1. The summed E-state index contributed by atoms with van der Waals surface area (Å²) >= 11 is 0. The second kappa shape index (κ2) is 7.88. The minimum atomic E-state index is 0.0962. The Kier molecular flexibility index (Phi) is 6.26. The molecule has 1 aromatic rings. The molecule has 0 saturated carbocycles. The summed E-state index contributed by atoms with van der Waals surface area (Å²) in [4.78, 5) is 11.5. The van der Waals surface area contributed by atoms with E-state index in [1.54, 1.807) is 0 Å². The highest BCUT2D eigenvalue weighted by molar-refractivity contribution is 5.78. The lowest BCUT2D eigenvalue weighted by Gasteiger charge is -2.04. The first-order chi connectivity index (χ1) is 7.83. The van der Waals surface area contributed by atoms with Crippen molar-refractivity contribution in [3.05, 3.63) is 35.9 Å². The third-order valence-electron chi connectivity index (χ3n) is 2.41. The SMILES string of the molecule is NCCCCCNC(=O)Cc1ccccc1. The van der Waals surface area contributed by atoms with Crippen LogP contribution in [0.2, 0.25) is 0 Å². The van der Waals surface area contributed by atoms with E-state index < -0.39 is 0 Å². The number of carbonyl (C=O) groups is 1.